The van der Waals surface area contributed by atoms with Crippen LogP contribution in [0.15, 0.2) is 47.5 Å². The summed E-state index contributed by atoms with van der Waals surface area (Å²) in [5.74, 6) is 0.396. The van der Waals surface area contributed by atoms with Crippen molar-refractivity contribution in [2.75, 3.05) is 13.1 Å². The molecule has 4 rings (SSSR count). The zero-order valence-corrected chi connectivity index (χ0v) is 16.9. The minimum absolute atomic E-state index is 0.396. The van der Waals surface area contributed by atoms with Crippen LogP contribution in [0.2, 0.25) is 0 Å². The highest BCUT2D eigenvalue weighted by Crippen LogP contribution is 2.35. The summed E-state index contributed by atoms with van der Waals surface area (Å²) in [7, 11) is -3.45. The van der Waals surface area contributed by atoms with E-state index in [0.29, 0.717) is 23.9 Å². The summed E-state index contributed by atoms with van der Waals surface area (Å²) in [6.45, 7) is 6.93. The zero-order chi connectivity index (χ0) is 19.2. The molecule has 2 aromatic carbocycles. The van der Waals surface area contributed by atoms with Crippen LogP contribution in [-0.4, -0.2) is 30.8 Å². The largest absolute Gasteiger partial charge is 0.361 e. The molecule has 1 aliphatic heterocycles. The van der Waals surface area contributed by atoms with Gasteiger partial charge in [0.15, 0.2) is 0 Å². The van der Waals surface area contributed by atoms with Gasteiger partial charge in [-0.2, -0.15) is 4.31 Å². The summed E-state index contributed by atoms with van der Waals surface area (Å²) in [5.41, 5.74) is 5.23. The third kappa shape index (κ3) is 3.19. The Morgan fingerprint density at radius 2 is 1.63 bits per heavy atom. The molecule has 1 saturated heterocycles. The van der Waals surface area contributed by atoms with Crippen molar-refractivity contribution in [3.8, 4) is 0 Å². The molecule has 4 nitrogen and oxygen atoms in total. The SMILES string of the molecule is Cc1cc(C)c(S(=O)(=O)N2CCC(c3c[nH]c4ccccc34)CC2)c(C)c1. The van der Waals surface area contributed by atoms with Crippen LogP contribution >= 0.6 is 0 Å². The van der Waals surface area contributed by atoms with Crippen molar-refractivity contribution in [2.24, 2.45) is 0 Å². The first-order valence-electron chi connectivity index (χ1n) is 9.52. The smallest absolute Gasteiger partial charge is 0.243 e. The Labute approximate surface area is 161 Å². The average molecular weight is 383 g/mol. The number of nitrogens with zero attached hydrogens (tertiary/aromatic N) is 1. The second kappa shape index (κ2) is 6.80. The van der Waals surface area contributed by atoms with E-state index in [4.69, 9.17) is 0 Å². The second-order valence-electron chi connectivity index (χ2n) is 7.70. The number of hydrogen-bond donors (Lipinski definition) is 1. The second-order valence-corrected chi connectivity index (χ2v) is 9.57. The highest BCUT2D eigenvalue weighted by Gasteiger charge is 2.32. The van der Waals surface area contributed by atoms with Gasteiger partial charge in [0.25, 0.3) is 0 Å². The number of para-hydroxylation sites is 1. The molecule has 0 spiro atoms. The van der Waals surface area contributed by atoms with Crippen molar-refractivity contribution in [3.05, 3.63) is 64.8 Å². The maximum atomic E-state index is 13.3. The number of piperidine rings is 1. The van der Waals surface area contributed by atoms with Crippen molar-refractivity contribution in [1.29, 1.82) is 0 Å². The quantitative estimate of drug-likeness (QED) is 0.716. The van der Waals surface area contributed by atoms with Crippen LogP contribution in [0, 0.1) is 20.8 Å². The van der Waals surface area contributed by atoms with E-state index in [0.717, 1.165) is 35.0 Å². The molecule has 3 aromatic rings. The average Bonchev–Trinajstić information content (AvgIpc) is 3.05. The van der Waals surface area contributed by atoms with Gasteiger partial charge in [0.05, 0.1) is 4.90 Å². The molecule has 1 N–H and O–H groups in total. The van der Waals surface area contributed by atoms with Crippen molar-refractivity contribution < 1.29 is 8.42 Å². The van der Waals surface area contributed by atoms with Gasteiger partial charge >= 0.3 is 0 Å². The van der Waals surface area contributed by atoms with Gasteiger partial charge in [-0.1, -0.05) is 35.9 Å². The number of aromatic nitrogens is 1. The maximum Gasteiger partial charge on any atom is 0.243 e. The van der Waals surface area contributed by atoms with E-state index in [9.17, 15) is 8.42 Å². The summed E-state index contributed by atoms with van der Waals surface area (Å²) >= 11 is 0. The highest BCUT2D eigenvalue weighted by atomic mass is 32.2. The molecule has 0 atom stereocenters. The van der Waals surface area contributed by atoms with Gasteiger partial charge < -0.3 is 4.98 Å². The van der Waals surface area contributed by atoms with Gasteiger partial charge in [0.1, 0.15) is 0 Å². The van der Waals surface area contributed by atoms with Gasteiger partial charge in [-0.05, 0) is 62.3 Å². The summed E-state index contributed by atoms with van der Waals surface area (Å²) in [6, 6.07) is 12.2. The Morgan fingerprint density at radius 1 is 1.00 bits per heavy atom. The number of sulfonamides is 1. The number of aromatic amines is 1. The lowest BCUT2D eigenvalue weighted by atomic mass is 9.90. The molecule has 1 fully saturated rings. The number of hydrogen-bond acceptors (Lipinski definition) is 2. The normalized spacial score (nSPS) is 16.9. The summed E-state index contributed by atoms with van der Waals surface area (Å²) < 4.78 is 28.2. The lowest BCUT2D eigenvalue weighted by molar-refractivity contribution is 0.320. The number of rotatable bonds is 3. The Hall–Kier alpha value is -2.11. The van der Waals surface area contributed by atoms with E-state index < -0.39 is 10.0 Å². The van der Waals surface area contributed by atoms with Crippen LogP contribution in [-0.2, 0) is 10.0 Å². The predicted octanol–water partition coefficient (Wildman–Crippen LogP) is 4.66. The van der Waals surface area contributed by atoms with E-state index in [2.05, 4.69) is 29.4 Å². The van der Waals surface area contributed by atoms with Crippen LogP contribution in [0.25, 0.3) is 10.9 Å². The minimum atomic E-state index is -3.45. The Bertz CT molecular complexity index is 1070. The van der Waals surface area contributed by atoms with Crippen LogP contribution in [0.5, 0.6) is 0 Å². The fourth-order valence-electron chi connectivity index (χ4n) is 4.54. The molecular formula is C22H26N2O2S. The fraction of sp³-hybridized carbons (Fsp3) is 0.364. The first-order chi connectivity index (χ1) is 12.9. The molecule has 5 heteroatoms. The molecule has 0 radical (unpaired) electrons. The fourth-order valence-corrected chi connectivity index (χ4v) is 6.42. The molecule has 2 heterocycles. The number of nitrogens with one attached hydrogen (secondary N) is 1. The van der Waals surface area contributed by atoms with Gasteiger partial charge in [-0.3, -0.25) is 0 Å². The van der Waals surface area contributed by atoms with E-state index in [1.807, 2.05) is 39.0 Å². The molecule has 0 saturated carbocycles. The zero-order valence-electron chi connectivity index (χ0n) is 16.1. The monoisotopic (exact) mass is 382 g/mol. The molecule has 0 bridgehead atoms. The lowest BCUT2D eigenvalue weighted by Gasteiger charge is -2.32. The Balaban J connectivity index is 1.57. The Kier molecular flexibility index (Phi) is 4.60. The van der Waals surface area contributed by atoms with Crippen molar-refractivity contribution in [3.63, 3.8) is 0 Å². The van der Waals surface area contributed by atoms with Gasteiger partial charge in [-0.25, -0.2) is 8.42 Å². The molecule has 1 aromatic heterocycles. The number of fused-ring (bicyclic) bond motifs is 1. The molecule has 0 amide bonds. The first kappa shape index (κ1) is 18.3. The molecule has 142 valence electrons. The molecular weight excluding hydrogens is 356 g/mol. The molecule has 0 unspecified atom stereocenters. The van der Waals surface area contributed by atoms with Crippen LogP contribution in [0.4, 0.5) is 0 Å². The third-order valence-corrected chi connectivity index (χ3v) is 7.92. The van der Waals surface area contributed by atoms with Gasteiger partial charge in [0, 0.05) is 30.2 Å². The van der Waals surface area contributed by atoms with Crippen LogP contribution in [0.3, 0.4) is 0 Å². The van der Waals surface area contributed by atoms with Gasteiger partial charge in [-0.15, -0.1) is 0 Å². The van der Waals surface area contributed by atoms with E-state index in [1.54, 1.807) is 4.31 Å². The van der Waals surface area contributed by atoms with Crippen molar-refractivity contribution in [2.45, 2.75) is 44.4 Å². The predicted molar refractivity (Wildman–Crippen MR) is 110 cm³/mol. The molecule has 0 aliphatic carbocycles. The van der Waals surface area contributed by atoms with Gasteiger partial charge in [0.2, 0.25) is 10.0 Å². The van der Waals surface area contributed by atoms with E-state index in [1.165, 1.54) is 10.9 Å². The number of H-pyrrole nitrogens is 1. The van der Waals surface area contributed by atoms with Crippen molar-refractivity contribution >= 4 is 20.9 Å². The molecule has 1 aliphatic rings. The summed E-state index contributed by atoms with van der Waals surface area (Å²) in [5, 5.41) is 1.25. The highest BCUT2D eigenvalue weighted by molar-refractivity contribution is 7.89. The topological polar surface area (TPSA) is 53.2 Å². The minimum Gasteiger partial charge on any atom is -0.361 e. The molecule has 27 heavy (non-hydrogen) atoms. The summed E-state index contributed by atoms with van der Waals surface area (Å²) in [6.07, 6.45) is 3.80. The lowest BCUT2D eigenvalue weighted by Crippen LogP contribution is -2.38. The first-order valence-corrected chi connectivity index (χ1v) is 11.0. The van der Waals surface area contributed by atoms with E-state index in [-0.39, 0.29) is 0 Å². The standard InChI is InChI=1S/C22H26N2O2S/c1-15-12-16(2)22(17(3)13-15)27(25,26)24-10-8-18(9-11-24)20-14-23-21-7-5-4-6-19(20)21/h4-7,12-14,18,23H,8-11H2,1-3H3. The van der Waals surface area contributed by atoms with Crippen LogP contribution in [0.1, 0.15) is 41.0 Å². The van der Waals surface area contributed by atoms with Crippen LogP contribution < -0.4 is 0 Å². The third-order valence-electron chi connectivity index (χ3n) is 5.72. The van der Waals surface area contributed by atoms with E-state index >= 15 is 0 Å². The number of aryl methyl sites for hydroxylation is 3. The summed E-state index contributed by atoms with van der Waals surface area (Å²) in [4.78, 5) is 3.83. The Morgan fingerprint density at radius 3 is 2.30 bits per heavy atom. The number of benzene rings is 2. The maximum absolute atomic E-state index is 13.3. The van der Waals surface area contributed by atoms with Crippen molar-refractivity contribution in [1.82, 2.24) is 9.29 Å².